The van der Waals surface area contributed by atoms with Gasteiger partial charge in [0.25, 0.3) is 0 Å². The number of anilines is 1. The van der Waals surface area contributed by atoms with Crippen molar-refractivity contribution in [1.29, 1.82) is 0 Å². The van der Waals surface area contributed by atoms with Gasteiger partial charge in [-0.25, -0.2) is 4.98 Å². The van der Waals surface area contributed by atoms with Crippen LogP contribution in [0.3, 0.4) is 0 Å². The maximum Gasteiger partial charge on any atom is 0.226 e. The zero-order valence-electron chi connectivity index (χ0n) is 12.5. The number of nitrogens with one attached hydrogen (secondary N) is 1. The molecule has 0 spiro atoms. The van der Waals surface area contributed by atoms with E-state index in [1.165, 1.54) is 11.5 Å². The molecule has 0 aliphatic carbocycles. The van der Waals surface area contributed by atoms with E-state index >= 15 is 0 Å². The number of aryl methyl sites for hydroxylation is 1. The number of piperazine rings is 1. The van der Waals surface area contributed by atoms with Gasteiger partial charge >= 0.3 is 0 Å². The Morgan fingerprint density at radius 2 is 1.95 bits per heavy atom. The quantitative estimate of drug-likeness (QED) is 0.878. The van der Waals surface area contributed by atoms with Gasteiger partial charge in [-0.05, 0) is 14.0 Å². The van der Waals surface area contributed by atoms with Crippen LogP contribution >= 0.6 is 36.3 Å². The first-order chi connectivity index (χ1) is 9.11. The lowest BCUT2D eigenvalue weighted by Crippen LogP contribution is -2.51. The fourth-order valence-electron chi connectivity index (χ4n) is 2.24. The Bertz CT molecular complexity index is 437. The third-order valence-electron chi connectivity index (χ3n) is 3.31. The molecule has 9 heteroatoms. The Labute approximate surface area is 142 Å². The molecule has 1 saturated heterocycles. The van der Waals surface area contributed by atoms with Gasteiger partial charge in [-0.15, -0.1) is 24.8 Å². The second-order valence-electron chi connectivity index (χ2n) is 4.90. The number of hydrogen-bond acceptors (Lipinski definition) is 6. The SMILES string of the molecule is CNCC(C)C(=O)N1CCN(c2nc(C)ns2)CC1.Cl.Cl. The minimum Gasteiger partial charge on any atom is -0.343 e. The number of nitrogens with zero attached hydrogens (tertiary/aromatic N) is 4. The number of halogens is 2. The molecule has 2 heterocycles. The predicted molar refractivity (Wildman–Crippen MR) is 91.0 cm³/mol. The molecule has 1 aromatic heterocycles. The maximum atomic E-state index is 12.2. The number of aromatic nitrogens is 2. The third kappa shape index (κ3) is 5.25. The van der Waals surface area contributed by atoms with Gasteiger partial charge in [0.2, 0.25) is 11.0 Å². The highest BCUT2D eigenvalue weighted by Crippen LogP contribution is 2.19. The van der Waals surface area contributed by atoms with Crippen molar-refractivity contribution in [1.82, 2.24) is 19.6 Å². The first kappa shape index (κ1) is 20.4. The summed E-state index contributed by atoms with van der Waals surface area (Å²) in [5, 5.41) is 4.02. The van der Waals surface area contributed by atoms with E-state index in [-0.39, 0.29) is 36.6 Å². The average Bonchev–Trinajstić information content (AvgIpc) is 2.85. The molecule has 1 fully saturated rings. The molecule has 0 bridgehead atoms. The number of rotatable bonds is 4. The minimum absolute atomic E-state index is 0. The van der Waals surface area contributed by atoms with Crippen molar-refractivity contribution >= 4 is 47.4 Å². The van der Waals surface area contributed by atoms with Gasteiger partial charge in [-0.1, -0.05) is 6.92 Å². The molecule has 0 saturated carbocycles. The molecule has 1 N–H and O–H groups in total. The first-order valence-electron chi connectivity index (χ1n) is 6.60. The van der Waals surface area contributed by atoms with Crippen LogP contribution in [0.2, 0.25) is 0 Å². The Morgan fingerprint density at radius 3 is 2.43 bits per heavy atom. The highest BCUT2D eigenvalue weighted by Gasteiger charge is 2.25. The lowest BCUT2D eigenvalue weighted by atomic mass is 10.1. The highest BCUT2D eigenvalue weighted by atomic mass is 35.5. The predicted octanol–water partition coefficient (Wildman–Crippen LogP) is 1.19. The van der Waals surface area contributed by atoms with Crippen molar-refractivity contribution in [2.75, 3.05) is 44.7 Å². The fraction of sp³-hybridized carbons (Fsp3) is 0.750. The Morgan fingerprint density at radius 1 is 1.33 bits per heavy atom. The average molecular weight is 356 g/mol. The van der Waals surface area contributed by atoms with Crippen LogP contribution in [-0.4, -0.2) is 59.9 Å². The zero-order chi connectivity index (χ0) is 13.8. The van der Waals surface area contributed by atoms with E-state index in [9.17, 15) is 4.79 Å². The smallest absolute Gasteiger partial charge is 0.226 e. The molecule has 1 atom stereocenters. The maximum absolute atomic E-state index is 12.2. The molecule has 1 unspecified atom stereocenters. The van der Waals surface area contributed by atoms with Crippen molar-refractivity contribution in [3.05, 3.63) is 5.82 Å². The summed E-state index contributed by atoms with van der Waals surface area (Å²) >= 11 is 1.43. The van der Waals surface area contributed by atoms with Crippen molar-refractivity contribution in [3.8, 4) is 0 Å². The van der Waals surface area contributed by atoms with Gasteiger partial charge in [0, 0.05) is 50.2 Å². The molecule has 1 amide bonds. The van der Waals surface area contributed by atoms with Crippen LogP contribution < -0.4 is 10.2 Å². The third-order valence-corrected chi connectivity index (χ3v) is 4.18. The standard InChI is InChI=1S/C12H21N5OS.2ClH/c1-9(8-13-3)11(18)16-4-6-17(7-5-16)12-14-10(2)15-19-12;;/h9,13H,4-8H2,1-3H3;2*1H. The summed E-state index contributed by atoms with van der Waals surface area (Å²) < 4.78 is 4.20. The lowest BCUT2D eigenvalue weighted by Gasteiger charge is -2.35. The molecule has 0 radical (unpaired) electrons. The molecule has 1 aromatic rings. The molecule has 0 aromatic carbocycles. The van der Waals surface area contributed by atoms with E-state index in [0.29, 0.717) is 0 Å². The van der Waals surface area contributed by atoms with Crippen LogP contribution in [0.15, 0.2) is 0 Å². The van der Waals surface area contributed by atoms with E-state index in [4.69, 9.17) is 0 Å². The number of hydrogen-bond donors (Lipinski definition) is 1. The topological polar surface area (TPSA) is 61.4 Å². The lowest BCUT2D eigenvalue weighted by molar-refractivity contribution is -0.135. The summed E-state index contributed by atoms with van der Waals surface area (Å²) in [6.45, 7) is 7.82. The van der Waals surface area contributed by atoms with Gasteiger partial charge < -0.3 is 15.1 Å². The first-order valence-corrected chi connectivity index (χ1v) is 7.37. The van der Waals surface area contributed by atoms with Crippen LogP contribution in [0, 0.1) is 12.8 Å². The van der Waals surface area contributed by atoms with Crippen LogP contribution in [0.4, 0.5) is 5.13 Å². The van der Waals surface area contributed by atoms with Crippen molar-refractivity contribution in [3.63, 3.8) is 0 Å². The molecular weight excluding hydrogens is 333 g/mol. The minimum atomic E-state index is 0. The molecule has 6 nitrogen and oxygen atoms in total. The molecule has 21 heavy (non-hydrogen) atoms. The summed E-state index contributed by atoms with van der Waals surface area (Å²) in [5.41, 5.74) is 0. The Balaban J connectivity index is 0.00000200. The molecule has 1 aliphatic rings. The van der Waals surface area contributed by atoms with Gasteiger partial charge in [-0.2, -0.15) is 4.37 Å². The monoisotopic (exact) mass is 355 g/mol. The Hall–Kier alpha value is -0.630. The van der Waals surface area contributed by atoms with E-state index < -0.39 is 0 Å². The van der Waals surface area contributed by atoms with Crippen LogP contribution in [0.25, 0.3) is 0 Å². The van der Waals surface area contributed by atoms with Crippen LogP contribution in [0.1, 0.15) is 12.7 Å². The highest BCUT2D eigenvalue weighted by molar-refractivity contribution is 7.09. The summed E-state index contributed by atoms with van der Waals surface area (Å²) in [6, 6.07) is 0. The van der Waals surface area contributed by atoms with E-state index in [1.54, 1.807) is 0 Å². The summed E-state index contributed by atoms with van der Waals surface area (Å²) in [7, 11) is 1.87. The summed E-state index contributed by atoms with van der Waals surface area (Å²) in [4.78, 5) is 20.7. The Kier molecular flexibility index (Phi) is 9.12. The second-order valence-corrected chi connectivity index (χ2v) is 5.63. The van der Waals surface area contributed by atoms with Crippen molar-refractivity contribution < 1.29 is 4.79 Å². The van der Waals surface area contributed by atoms with Crippen LogP contribution in [0.5, 0.6) is 0 Å². The van der Waals surface area contributed by atoms with Crippen molar-refractivity contribution in [2.45, 2.75) is 13.8 Å². The van der Waals surface area contributed by atoms with E-state index in [0.717, 1.165) is 43.7 Å². The largest absolute Gasteiger partial charge is 0.343 e. The van der Waals surface area contributed by atoms with Gasteiger partial charge in [0.15, 0.2) is 0 Å². The molecule has 1 aliphatic heterocycles. The fourth-order valence-corrected chi connectivity index (χ4v) is 2.96. The van der Waals surface area contributed by atoms with Gasteiger partial charge in [0.05, 0.1) is 0 Å². The number of carbonyl (C=O) groups excluding carboxylic acids is 1. The van der Waals surface area contributed by atoms with Gasteiger partial charge in [-0.3, -0.25) is 4.79 Å². The van der Waals surface area contributed by atoms with Crippen LogP contribution in [-0.2, 0) is 4.79 Å². The zero-order valence-corrected chi connectivity index (χ0v) is 15.0. The summed E-state index contributed by atoms with van der Waals surface area (Å²) in [6.07, 6.45) is 0. The molecule has 2 rings (SSSR count). The second kappa shape index (κ2) is 9.40. The molecular formula is C12H23Cl2N5OS. The van der Waals surface area contributed by atoms with E-state index in [1.807, 2.05) is 25.8 Å². The summed E-state index contributed by atoms with van der Waals surface area (Å²) in [5.74, 6) is 1.10. The number of carbonyl (C=O) groups is 1. The van der Waals surface area contributed by atoms with Gasteiger partial charge in [0.1, 0.15) is 5.82 Å². The van der Waals surface area contributed by atoms with Crippen molar-refractivity contribution in [2.24, 2.45) is 5.92 Å². The number of amides is 1. The molecule has 122 valence electrons. The van der Waals surface area contributed by atoms with E-state index in [2.05, 4.69) is 19.6 Å². The normalized spacial score (nSPS) is 16.0.